The summed E-state index contributed by atoms with van der Waals surface area (Å²) in [5.41, 5.74) is 0.846. The number of phenols is 1. The van der Waals surface area contributed by atoms with E-state index in [2.05, 4.69) is 15.0 Å². The number of carbonyl (C=O) groups excluding carboxylic acids is 1. The van der Waals surface area contributed by atoms with Crippen molar-refractivity contribution in [3.05, 3.63) is 54.4 Å². The summed E-state index contributed by atoms with van der Waals surface area (Å²) < 4.78 is 18.8. The molecule has 2 N–H and O–H groups in total. The maximum absolute atomic E-state index is 13.8. The number of aromatic nitrogens is 3. The lowest BCUT2D eigenvalue weighted by molar-refractivity contribution is 0.0945. The minimum absolute atomic E-state index is 0.0110. The molecule has 136 valence electrons. The predicted molar refractivity (Wildman–Crippen MR) is 93.3 cm³/mol. The van der Waals surface area contributed by atoms with Gasteiger partial charge in [0.2, 0.25) is 5.78 Å². The van der Waals surface area contributed by atoms with Crippen LogP contribution in [0.3, 0.4) is 0 Å². The second kappa shape index (κ2) is 8.42. The molecule has 2 aromatic heterocycles. The smallest absolute Gasteiger partial charge is 0.263 e. The molecule has 0 unspecified atom stereocenters. The number of imidazole rings is 1. The molecule has 7 heteroatoms. The van der Waals surface area contributed by atoms with Gasteiger partial charge in [0.25, 0.3) is 5.89 Å². The van der Waals surface area contributed by atoms with Gasteiger partial charge in [-0.2, -0.15) is 0 Å². The number of Topliss-reactive ketones (excluding diaryl/α,β-unsaturated/α-hetero) is 1. The summed E-state index contributed by atoms with van der Waals surface area (Å²) in [6.45, 7) is 0. The molecule has 26 heavy (non-hydrogen) atoms. The SMILES string of the molecule is O=C(CCCCCCc1ncc(-c2cc(O)ccc2F)[nH]1)c1ncco1. The molecule has 0 radical (unpaired) electrons. The molecule has 0 fully saturated rings. The highest BCUT2D eigenvalue weighted by Gasteiger charge is 2.11. The van der Waals surface area contributed by atoms with E-state index in [0.29, 0.717) is 17.7 Å². The van der Waals surface area contributed by atoms with Gasteiger partial charge in [0.15, 0.2) is 0 Å². The second-order valence-corrected chi connectivity index (χ2v) is 6.08. The van der Waals surface area contributed by atoms with Gasteiger partial charge in [-0.05, 0) is 31.0 Å². The van der Waals surface area contributed by atoms with Gasteiger partial charge in [0.1, 0.15) is 23.7 Å². The number of aromatic amines is 1. The van der Waals surface area contributed by atoms with E-state index in [1.165, 1.54) is 30.7 Å². The second-order valence-electron chi connectivity index (χ2n) is 6.08. The van der Waals surface area contributed by atoms with Crippen LogP contribution in [0.2, 0.25) is 0 Å². The molecular weight excluding hydrogens is 337 g/mol. The van der Waals surface area contributed by atoms with Crippen molar-refractivity contribution < 1.29 is 18.7 Å². The third kappa shape index (κ3) is 4.56. The topological polar surface area (TPSA) is 92.0 Å². The summed E-state index contributed by atoms with van der Waals surface area (Å²) in [4.78, 5) is 22.9. The fourth-order valence-electron chi connectivity index (χ4n) is 2.75. The summed E-state index contributed by atoms with van der Waals surface area (Å²) in [5.74, 6) is 0.482. The van der Waals surface area contributed by atoms with Gasteiger partial charge >= 0.3 is 0 Å². The van der Waals surface area contributed by atoms with Crippen LogP contribution in [0.4, 0.5) is 4.39 Å². The molecule has 3 aromatic rings. The van der Waals surface area contributed by atoms with Crippen molar-refractivity contribution in [3.63, 3.8) is 0 Å². The number of aromatic hydroxyl groups is 1. The van der Waals surface area contributed by atoms with Crippen LogP contribution >= 0.6 is 0 Å². The summed E-state index contributed by atoms with van der Waals surface area (Å²) in [7, 11) is 0. The lowest BCUT2D eigenvalue weighted by Gasteiger charge is -2.01. The predicted octanol–water partition coefficient (Wildman–Crippen LogP) is 4.29. The average molecular weight is 357 g/mol. The number of oxazole rings is 1. The highest BCUT2D eigenvalue weighted by atomic mass is 19.1. The summed E-state index contributed by atoms with van der Waals surface area (Å²) in [6.07, 6.45) is 9.22. The van der Waals surface area contributed by atoms with Crippen LogP contribution in [0.15, 0.2) is 41.3 Å². The Balaban J connectivity index is 1.40. The first-order valence-electron chi connectivity index (χ1n) is 8.59. The van der Waals surface area contributed by atoms with Crippen LogP contribution < -0.4 is 0 Å². The van der Waals surface area contributed by atoms with Crippen molar-refractivity contribution in [1.29, 1.82) is 0 Å². The van der Waals surface area contributed by atoms with Gasteiger partial charge in [0, 0.05) is 18.4 Å². The Morgan fingerprint density at radius 2 is 2.04 bits per heavy atom. The van der Waals surface area contributed by atoms with Crippen LogP contribution in [0.1, 0.15) is 48.6 Å². The average Bonchev–Trinajstić information content (AvgIpc) is 3.32. The van der Waals surface area contributed by atoms with Crippen molar-refractivity contribution in [3.8, 4) is 17.0 Å². The summed E-state index contributed by atoms with van der Waals surface area (Å²) >= 11 is 0. The Morgan fingerprint density at radius 3 is 2.85 bits per heavy atom. The molecule has 0 aliphatic rings. The van der Waals surface area contributed by atoms with Gasteiger partial charge in [-0.1, -0.05) is 12.8 Å². The van der Waals surface area contributed by atoms with E-state index in [9.17, 15) is 14.3 Å². The first-order chi connectivity index (χ1) is 12.6. The number of carbonyl (C=O) groups is 1. The molecule has 6 nitrogen and oxygen atoms in total. The third-order valence-corrected chi connectivity index (χ3v) is 4.11. The highest BCUT2D eigenvalue weighted by molar-refractivity contribution is 5.91. The Morgan fingerprint density at radius 1 is 1.19 bits per heavy atom. The van der Waals surface area contributed by atoms with E-state index < -0.39 is 5.82 Å². The molecule has 1 aromatic carbocycles. The van der Waals surface area contributed by atoms with Gasteiger partial charge in [-0.15, -0.1) is 0 Å². The number of unbranched alkanes of at least 4 members (excludes halogenated alkanes) is 3. The maximum atomic E-state index is 13.8. The molecule has 0 aliphatic heterocycles. The zero-order valence-corrected chi connectivity index (χ0v) is 14.2. The lowest BCUT2D eigenvalue weighted by Crippen LogP contribution is -1.99. The first-order valence-corrected chi connectivity index (χ1v) is 8.59. The van der Waals surface area contributed by atoms with Gasteiger partial charge in [-0.3, -0.25) is 4.79 Å². The lowest BCUT2D eigenvalue weighted by atomic mass is 10.1. The first kappa shape index (κ1) is 17.8. The molecular formula is C19H20FN3O3. The van der Waals surface area contributed by atoms with Gasteiger partial charge < -0.3 is 14.5 Å². The van der Waals surface area contributed by atoms with E-state index in [1.54, 1.807) is 6.20 Å². The number of H-pyrrole nitrogens is 1. The highest BCUT2D eigenvalue weighted by Crippen LogP contribution is 2.25. The van der Waals surface area contributed by atoms with Gasteiger partial charge in [-0.25, -0.2) is 14.4 Å². The quantitative estimate of drug-likeness (QED) is 0.440. The van der Waals surface area contributed by atoms with Crippen LogP contribution in [0, 0.1) is 5.82 Å². The molecule has 0 atom stereocenters. The molecule has 0 aliphatic carbocycles. The standard InChI is InChI=1S/C19H20FN3O3/c20-15-8-7-13(24)11-14(15)16-12-22-18(23-16)6-4-2-1-3-5-17(25)19-21-9-10-26-19/h7-12,24H,1-6H2,(H,22,23). The van der Waals surface area contributed by atoms with E-state index in [0.717, 1.165) is 37.9 Å². The van der Waals surface area contributed by atoms with E-state index >= 15 is 0 Å². The Hall–Kier alpha value is -2.96. The Labute approximate surface area is 150 Å². The fraction of sp³-hybridized carbons (Fsp3) is 0.316. The maximum Gasteiger partial charge on any atom is 0.263 e. The van der Waals surface area contributed by atoms with Crippen LogP contribution in [0.5, 0.6) is 5.75 Å². The number of hydrogen-bond donors (Lipinski definition) is 2. The number of hydrogen-bond acceptors (Lipinski definition) is 5. The molecule has 0 saturated carbocycles. The number of ketones is 1. The number of halogens is 1. The van der Waals surface area contributed by atoms with Crippen LogP contribution in [0.25, 0.3) is 11.3 Å². The molecule has 2 heterocycles. The minimum Gasteiger partial charge on any atom is -0.508 e. The summed E-state index contributed by atoms with van der Waals surface area (Å²) in [6, 6.07) is 3.91. The Kier molecular flexibility index (Phi) is 5.78. The van der Waals surface area contributed by atoms with Crippen LogP contribution in [-0.2, 0) is 6.42 Å². The van der Waals surface area contributed by atoms with Crippen molar-refractivity contribution in [2.24, 2.45) is 0 Å². The fourth-order valence-corrected chi connectivity index (χ4v) is 2.75. The van der Waals surface area contributed by atoms with Gasteiger partial charge in [0.05, 0.1) is 18.1 Å². The Bertz CT molecular complexity index is 859. The normalized spacial score (nSPS) is 11.0. The number of benzene rings is 1. The number of rotatable bonds is 9. The third-order valence-electron chi connectivity index (χ3n) is 4.11. The molecule has 0 bridgehead atoms. The van der Waals surface area contributed by atoms with Crippen molar-refractivity contribution in [2.75, 3.05) is 0 Å². The largest absolute Gasteiger partial charge is 0.508 e. The molecule has 0 saturated heterocycles. The monoisotopic (exact) mass is 357 g/mol. The van der Waals surface area contributed by atoms with Crippen molar-refractivity contribution >= 4 is 5.78 Å². The molecule has 3 rings (SSSR count). The zero-order chi connectivity index (χ0) is 18.4. The zero-order valence-electron chi connectivity index (χ0n) is 14.2. The number of nitrogens with one attached hydrogen (secondary N) is 1. The number of aryl methyl sites for hydroxylation is 1. The van der Waals surface area contributed by atoms with Crippen molar-refractivity contribution in [1.82, 2.24) is 15.0 Å². The minimum atomic E-state index is -0.409. The van der Waals surface area contributed by atoms with E-state index in [1.807, 2.05) is 0 Å². The van der Waals surface area contributed by atoms with Crippen molar-refractivity contribution in [2.45, 2.75) is 38.5 Å². The summed E-state index contributed by atoms with van der Waals surface area (Å²) in [5, 5.41) is 9.49. The number of nitrogens with zero attached hydrogens (tertiary/aromatic N) is 2. The number of phenolic OH excluding ortho intramolecular Hbond substituents is 1. The van der Waals surface area contributed by atoms with Crippen LogP contribution in [-0.4, -0.2) is 25.8 Å². The molecule has 0 spiro atoms. The van der Waals surface area contributed by atoms with E-state index in [-0.39, 0.29) is 17.4 Å². The molecule has 0 amide bonds. The van der Waals surface area contributed by atoms with E-state index in [4.69, 9.17) is 4.42 Å².